The van der Waals surface area contributed by atoms with E-state index in [0.29, 0.717) is 43.4 Å². The van der Waals surface area contributed by atoms with E-state index in [4.69, 9.17) is 19.3 Å². The fourth-order valence-corrected chi connectivity index (χ4v) is 3.78. The van der Waals surface area contributed by atoms with Gasteiger partial charge in [0.2, 0.25) is 5.88 Å². The fraction of sp³-hybridized carbons (Fsp3) is 0.455. The molecule has 2 aliphatic rings. The standard InChI is InChI=1S/C22H23F2NO5/c1-28-15-9-16(10-15)30-19-11-17(23)21(24)22(25-19)13-3-6-18-12(8-13)2-4-14(29-18)5-7-20(26)27/h3,6,8,11,14-16H,2,4-5,7,9-10H2,1H3,(H,26,27). The number of aliphatic carboxylic acids is 1. The van der Waals surface area contributed by atoms with E-state index in [1.807, 2.05) is 0 Å². The third kappa shape index (κ3) is 4.38. The zero-order valence-electron chi connectivity index (χ0n) is 16.6. The second kappa shape index (κ2) is 8.55. The number of methoxy groups -OCH3 is 1. The maximum absolute atomic E-state index is 14.5. The van der Waals surface area contributed by atoms with Gasteiger partial charge in [-0.1, -0.05) is 0 Å². The first-order valence-corrected chi connectivity index (χ1v) is 10.00. The van der Waals surface area contributed by atoms with E-state index in [2.05, 4.69) is 4.98 Å². The molecule has 1 atom stereocenters. The van der Waals surface area contributed by atoms with Gasteiger partial charge >= 0.3 is 5.97 Å². The highest BCUT2D eigenvalue weighted by Crippen LogP contribution is 2.35. The second-order valence-electron chi connectivity index (χ2n) is 7.71. The number of hydrogen-bond acceptors (Lipinski definition) is 5. The number of benzene rings is 1. The molecule has 2 heterocycles. The Morgan fingerprint density at radius 3 is 2.80 bits per heavy atom. The Labute approximate surface area is 172 Å². The summed E-state index contributed by atoms with van der Waals surface area (Å²) in [6.07, 6.45) is 3.01. The monoisotopic (exact) mass is 419 g/mol. The number of hydrogen-bond donors (Lipinski definition) is 1. The van der Waals surface area contributed by atoms with E-state index >= 15 is 0 Å². The van der Waals surface area contributed by atoms with Crippen LogP contribution in [0.25, 0.3) is 11.3 Å². The first-order valence-electron chi connectivity index (χ1n) is 10.00. The molecule has 4 rings (SSSR count). The summed E-state index contributed by atoms with van der Waals surface area (Å²) in [4.78, 5) is 15.0. The van der Waals surface area contributed by atoms with Gasteiger partial charge in [0.1, 0.15) is 17.5 Å². The summed E-state index contributed by atoms with van der Waals surface area (Å²) in [5.41, 5.74) is 1.18. The molecule has 2 aromatic rings. The zero-order chi connectivity index (χ0) is 21.3. The number of pyridine rings is 1. The first kappa shape index (κ1) is 20.5. The Balaban J connectivity index is 1.52. The molecule has 0 spiro atoms. The molecule has 1 aliphatic heterocycles. The highest BCUT2D eigenvalue weighted by Gasteiger charge is 2.31. The smallest absolute Gasteiger partial charge is 0.303 e. The molecule has 1 N–H and O–H groups in total. The predicted molar refractivity (Wildman–Crippen MR) is 104 cm³/mol. The summed E-state index contributed by atoms with van der Waals surface area (Å²) >= 11 is 0. The highest BCUT2D eigenvalue weighted by atomic mass is 19.2. The maximum atomic E-state index is 14.5. The lowest BCUT2D eigenvalue weighted by Gasteiger charge is -2.33. The number of fused-ring (bicyclic) bond motifs is 1. The molecule has 1 aromatic heterocycles. The van der Waals surface area contributed by atoms with Crippen molar-refractivity contribution < 1.29 is 32.9 Å². The normalized spacial score (nSPS) is 22.6. The fourth-order valence-electron chi connectivity index (χ4n) is 3.78. The van der Waals surface area contributed by atoms with E-state index in [-0.39, 0.29) is 36.3 Å². The van der Waals surface area contributed by atoms with Gasteiger partial charge in [0.25, 0.3) is 0 Å². The third-order valence-corrected chi connectivity index (χ3v) is 5.61. The summed E-state index contributed by atoms with van der Waals surface area (Å²) < 4.78 is 45.4. The number of halogens is 2. The minimum atomic E-state index is -1.03. The number of carboxylic acids is 1. The van der Waals surface area contributed by atoms with Crippen molar-refractivity contribution >= 4 is 5.97 Å². The van der Waals surface area contributed by atoms with Crippen molar-refractivity contribution in [3.63, 3.8) is 0 Å². The van der Waals surface area contributed by atoms with Crippen LogP contribution in [0.3, 0.4) is 0 Å². The Morgan fingerprint density at radius 2 is 2.07 bits per heavy atom. The summed E-state index contributed by atoms with van der Waals surface area (Å²) in [5.74, 6) is -2.22. The van der Waals surface area contributed by atoms with Gasteiger partial charge in [-0.05, 0) is 43.0 Å². The van der Waals surface area contributed by atoms with E-state index in [1.54, 1.807) is 25.3 Å². The van der Waals surface area contributed by atoms with Crippen molar-refractivity contribution in [2.24, 2.45) is 0 Å². The van der Waals surface area contributed by atoms with Crippen LogP contribution in [0.1, 0.15) is 37.7 Å². The van der Waals surface area contributed by atoms with Gasteiger partial charge < -0.3 is 19.3 Å². The molecule has 0 bridgehead atoms. The van der Waals surface area contributed by atoms with Crippen LogP contribution in [0.15, 0.2) is 24.3 Å². The van der Waals surface area contributed by atoms with Crippen molar-refractivity contribution in [3.8, 4) is 22.9 Å². The SMILES string of the molecule is COC1CC(Oc2cc(F)c(F)c(-c3ccc4c(c3)CCC(CCC(=O)O)O4)n2)C1. The number of ether oxygens (including phenoxy) is 3. The largest absolute Gasteiger partial charge is 0.490 e. The van der Waals surface area contributed by atoms with Crippen LogP contribution in [0.2, 0.25) is 0 Å². The molecular weight excluding hydrogens is 396 g/mol. The third-order valence-electron chi connectivity index (χ3n) is 5.61. The number of aromatic nitrogens is 1. The molecule has 0 amide bonds. The molecule has 1 aliphatic carbocycles. The summed E-state index contributed by atoms with van der Waals surface area (Å²) in [6, 6.07) is 6.02. The lowest BCUT2D eigenvalue weighted by atomic mass is 9.92. The molecule has 0 radical (unpaired) electrons. The molecule has 6 nitrogen and oxygen atoms in total. The number of rotatable bonds is 7. The quantitative estimate of drug-likeness (QED) is 0.727. The molecule has 1 fully saturated rings. The summed E-state index contributed by atoms with van der Waals surface area (Å²) in [7, 11) is 1.63. The minimum absolute atomic E-state index is 0.0470. The van der Waals surface area contributed by atoms with E-state index in [9.17, 15) is 13.6 Å². The van der Waals surface area contributed by atoms with Gasteiger partial charge in [0, 0.05) is 38.0 Å². The average molecular weight is 419 g/mol. The van der Waals surface area contributed by atoms with E-state index in [0.717, 1.165) is 11.6 Å². The molecule has 30 heavy (non-hydrogen) atoms. The topological polar surface area (TPSA) is 77.9 Å². The number of aryl methyl sites for hydroxylation is 1. The van der Waals surface area contributed by atoms with Crippen LogP contribution in [0.5, 0.6) is 11.6 Å². The molecule has 160 valence electrons. The van der Waals surface area contributed by atoms with Crippen LogP contribution in [0, 0.1) is 11.6 Å². The number of carbonyl (C=O) groups is 1. The van der Waals surface area contributed by atoms with Crippen LogP contribution in [-0.2, 0) is 16.0 Å². The Morgan fingerprint density at radius 1 is 1.27 bits per heavy atom. The lowest BCUT2D eigenvalue weighted by Crippen LogP contribution is -2.39. The van der Waals surface area contributed by atoms with Crippen LogP contribution in [-0.4, -0.2) is 41.5 Å². The Hall–Kier alpha value is -2.74. The van der Waals surface area contributed by atoms with Crippen LogP contribution < -0.4 is 9.47 Å². The van der Waals surface area contributed by atoms with E-state index < -0.39 is 17.6 Å². The van der Waals surface area contributed by atoms with Gasteiger partial charge in [-0.15, -0.1) is 0 Å². The van der Waals surface area contributed by atoms with Gasteiger partial charge in [-0.2, -0.15) is 0 Å². The van der Waals surface area contributed by atoms with Crippen LogP contribution >= 0.6 is 0 Å². The Bertz CT molecular complexity index is 945. The molecule has 8 heteroatoms. The molecular formula is C22H23F2NO5. The van der Waals surface area contributed by atoms with Crippen LogP contribution in [0.4, 0.5) is 8.78 Å². The molecule has 1 aromatic carbocycles. The van der Waals surface area contributed by atoms with Crippen molar-refractivity contribution in [3.05, 3.63) is 41.5 Å². The number of nitrogens with zero attached hydrogens (tertiary/aromatic N) is 1. The van der Waals surface area contributed by atoms with Crippen molar-refractivity contribution in [1.29, 1.82) is 0 Å². The van der Waals surface area contributed by atoms with Gasteiger partial charge in [-0.25, -0.2) is 13.8 Å². The zero-order valence-corrected chi connectivity index (χ0v) is 16.6. The highest BCUT2D eigenvalue weighted by molar-refractivity contribution is 5.66. The minimum Gasteiger partial charge on any atom is -0.490 e. The predicted octanol–water partition coefficient (Wildman–Crippen LogP) is 4.14. The molecule has 1 unspecified atom stereocenters. The number of carboxylic acid groups (broad SMARTS) is 1. The second-order valence-corrected chi connectivity index (χ2v) is 7.71. The first-order chi connectivity index (χ1) is 14.4. The van der Waals surface area contributed by atoms with Gasteiger partial charge in [-0.3, -0.25) is 4.79 Å². The lowest BCUT2D eigenvalue weighted by molar-refractivity contribution is -0.137. The molecule has 0 saturated heterocycles. The maximum Gasteiger partial charge on any atom is 0.303 e. The van der Waals surface area contributed by atoms with Gasteiger partial charge in [0.05, 0.1) is 12.2 Å². The van der Waals surface area contributed by atoms with Gasteiger partial charge in [0.15, 0.2) is 11.6 Å². The van der Waals surface area contributed by atoms with Crippen molar-refractivity contribution in [2.75, 3.05) is 7.11 Å². The molecule has 1 saturated carbocycles. The van der Waals surface area contributed by atoms with Crippen molar-refractivity contribution in [2.45, 2.75) is 56.8 Å². The summed E-state index contributed by atoms with van der Waals surface area (Å²) in [6.45, 7) is 0. The summed E-state index contributed by atoms with van der Waals surface area (Å²) in [5, 5.41) is 8.83. The van der Waals surface area contributed by atoms with Crippen molar-refractivity contribution in [1.82, 2.24) is 4.98 Å². The average Bonchev–Trinajstić information content (AvgIpc) is 2.70. The van der Waals surface area contributed by atoms with E-state index in [1.165, 1.54) is 0 Å². The Kier molecular flexibility index (Phi) is 5.85.